The van der Waals surface area contributed by atoms with Gasteiger partial charge in [0.1, 0.15) is 0 Å². The van der Waals surface area contributed by atoms with E-state index in [9.17, 15) is 4.79 Å². The van der Waals surface area contributed by atoms with Gasteiger partial charge in [0.05, 0.1) is 0 Å². The van der Waals surface area contributed by atoms with Gasteiger partial charge in [-0.25, -0.2) is 0 Å². The van der Waals surface area contributed by atoms with E-state index >= 15 is 0 Å². The zero-order valence-electron chi connectivity index (χ0n) is 8.92. The first-order valence-electron chi connectivity index (χ1n) is 5.29. The minimum absolute atomic E-state index is 0.262. The lowest BCUT2D eigenvalue weighted by atomic mass is 9.80. The van der Waals surface area contributed by atoms with E-state index in [4.69, 9.17) is 6.42 Å². The molecule has 1 aromatic carbocycles. The van der Waals surface area contributed by atoms with Crippen LogP contribution in [0.1, 0.15) is 46.7 Å². The summed E-state index contributed by atoms with van der Waals surface area (Å²) in [4.78, 5) is 11.7. The van der Waals surface area contributed by atoms with Crippen molar-refractivity contribution < 1.29 is 4.79 Å². The standard InChI is InChI=1S/C14H14O/c1-3-4-11-6-8-14(15)12-7-5-10(2)9-13(11)12/h1,5,7,9,11H,4,6,8H2,2H3. The Morgan fingerprint density at radius 3 is 3.07 bits per heavy atom. The molecule has 0 amide bonds. The Kier molecular flexibility index (Phi) is 2.60. The molecule has 76 valence electrons. The van der Waals surface area contributed by atoms with Gasteiger partial charge in [0.15, 0.2) is 5.78 Å². The number of terminal acetylenes is 1. The molecule has 1 aromatic rings. The van der Waals surface area contributed by atoms with Crippen molar-refractivity contribution in [1.82, 2.24) is 0 Å². The number of hydrogen-bond acceptors (Lipinski definition) is 1. The van der Waals surface area contributed by atoms with Crippen LogP contribution >= 0.6 is 0 Å². The number of Topliss-reactive ketones (excluding diaryl/α,β-unsaturated/α-hetero) is 1. The topological polar surface area (TPSA) is 17.1 Å². The maximum absolute atomic E-state index is 11.7. The molecule has 0 bridgehead atoms. The van der Waals surface area contributed by atoms with Crippen LogP contribution in [0.2, 0.25) is 0 Å². The second kappa shape index (κ2) is 3.90. The van der Waals surface area contributed by atoms with Crippen molar-refractivity contribution in [3.63, 3.8) is 0 Å². The number of rotatable bonds is 1. The van der Waals surface area contributed by atoms with Crippen molar-refractivity contribution in [2.24, 2.45) is 0 Å². The number of benzene rings is 1. The van der Waals surface area contributed by atoms with Crippen LogP contribution in [-0.4, -0.2) is 5.78 Å². The van der Waals surface area contributed by atoms with Crippen LogP contribution < -0.4 is 0 Å². The molecule has 1 aliphatic rings. The number of aryl methyl sites for hydroxylation is 1. The maximum atomic E-state index is 11.7. The number of carbonyl (C=O) groups is 1. The molecular formula is C14H14O. The van der Waals surface area contributed by atoms with Crippen molar-refractivity contribution in [2.45, 2.75) is 32.1 Å². The fraction of sp³-hybridized carbons (Fsp3) is 0.357. The molecule has 0 saturated carbocycles. The van der Waals surface area contributed by atoms with E-state index in [0.29, 0.717) is 12.3 Å². The molecule has 1 aliphatic carbocycles. The van der Waals surface area contributed by atoms with Crippen molar-refractivity contribution in [3.8, 4) is 12.3 Å². The van der Waals surface area contributed by atoms with Crippen LogP contribution in [0.25, 0.3) is 0 Å². The molecule has 0 heterocycles. The van der Waals surface area contributed by atoms with E-state index in [2.05, 4.69) is 12.0 Å². The molecule has 0 aliphatic heterocycles. The first-order valence-corrected chi connectivity index (χ1v) is 5.29. The van der Waals surface area contributed by atoms with Crippen LogP contribution in [0.5, 0.6) is 0 Å². The van der Waals surface area contributed by atoms with E-state index in [-0.39, 0.29) is 5.78 Å². The Morgan fingerprint density at radius 2 is 2.33 bits per heavy atom. The highest BCUT2D eigenvalue weighted by Crippen LogP contribution is 2.34. The molecule has 1 heteroatoms. The minimum atomic E-state index is 0.262. The SMILES string of the molecule is C#CCC1CCC(=O)c2ccc(C)cc21. The highest BCUT2D eigenvalue weighted by atomic mass is 16.1. The predicted octanol–water partition coefficient (Wildman–Crippen LogP) is 3.08. The Labute approximate surface area is 90.5 Å². The van der Waals surface area contributed by atoms with Gasteiger partial charge < -0.3 is 0 Å². The lowest BCUT2D eigenvalue weighted by Crippen LogP contribution is -2.15. The molecule has 2 rings (SSSR count). The molecule has 0 N–H and O–H groups in total. The Balaban J connectivity index is 2.47. The fourth-order valence-corrected chi connectivity index (χ4v) is 2.22. The highest BCUT2D eigenvalue weighted by Gasteiger charge is 2.24. The molecule has 0 aromatic heterocycles. The zero-order chi connectivity index (χ0) is 10.8. The summed E-state index contributed by atoms with van der Waals surface area (Å²) < 4.78 is 0. The number of fused-ring (bicyclic) bond motifs is 1. The molecule has 0 fully saturated rings. The van der Waals surface area contributed by atoms with Crippen LogP contribution in [0, 0.1) is 19.3 Å². The summed E-state index contributed by atoms with van der Waals surface area (Å²) in [5, 5.41) is 0. The van der Waals surface area contributed by atoms with Gasteiger partial charge in [0.25, 0.3) is 0 Å². The smallest absolute Gasteiger partial charge is 0.163 e. The van der Waals surface area contributed by atoms with Crippen LogP contribution in [0.4, 0.5) is 0 Å². The average Bonchev–Trinajstić information content (AvgIpc) is 2.22. The molecule has 15 heavy (non-hydrogen) atoms. The van der Waals surface area contributed by atoms with Crippen molar-refractivity contribution >= 4 is 5.78 Å². The molecule has 1 atom stereocenters. The van der Waals surface area contributed by atoms with Crippen LogP contribution in [-0.2, 0) is 0 Å². The van der Waals surface area contributed by atoms with E-state index in [1.54, 1.807) is 0 Å². The Hall–Kier alpha value is -1.55. The van der Waals surface area contributed by atoms with E-state index in [1.807, 2.05) is 19.1 Å². The maximum Gasteiger partial charge on any atom is 0.163 e. The van der Waals surface area contributed by atoms with E-state index < -0.39 is 0 Å². The minimum Gasteiger partial charge on any atom is -0.294 e. The van der Waals surface area contributed by atoms with Crippen molar-refractivity contribution in [2.75, 3.05) is 0 Å². The third-order valence-corrected chi connectivity index (χ3v) is 3.03. The summed E-state index contributed by atoms with van der Waals surface area (Å²) in [7, 11) is 0. The Bertz CT molecular complexity index is 437. The van der Waals surface area contributed by atoms with Gasteiger partial charge in [-0.05, 0) is 24.8 Å². The normalized spacial score (nSPS) is 19.5. The summed E-state index contributed by atoms with van der Waals surface area (Å²) >= 11 is 0. The van der Waals surface area contributed by atoms with Gasteiger partial charge in [-0.1, -0.05) is 23.8 Å². The number of hydrogen-bond donors (Lipinski definition) is 0. The average molecular weight is 198 g/mol. The first-order chi connectivity index (χ1) is 7.22. The molecule has 1 nitrogen and oxygen atoms in total. The third-order valence-electron chi connectivity index (χ3n) is 3.03. The monoisotopic (exact) mass is 198 g/mol. The number of ketones is 1. The summed E-state index contributed by atoms with van der Waals surface area (Å²) in [5.74, 6) is 3.34. The summed E-state index contributed by atoms with van der Waals surface area (Å²) in [6, 6.07) is 6.04. The second-order valence-corrected chi connectivity index (χ2v) is 4.16. The quantitative estimate of drug-likeness (QED) is 0.634. The summed E-state index contributed by atoms with van der Waals surface area (Å²) in [6.07, 6.45) is 7.64. The van der Waals surface area contributed by atoms with Crippen LogP contribution in [0.15, 0.2) is 18.2 Å². The molecule has 0 saturated heterocycles. The largest absolute Gasteiger partial charge is 0.294 e. The summed E-state index contributed by atoms with van der Waals surface area (Å²) in [6.45, 7) is 2.05. The zero-order valence-corrected chi connectivity index (χ0v) is 8.92. The Morgan fingerprint density at radius 1 is 1.53 bits per heavy atom. The van der Waals surface area contributed by atoms with E-state index in [0.717, 1.165) is 24.0 Å². The van der Waals surface area contributed by atoms with Crippen LogP contribution in [0.3, 0.4) is 0 Å². The predicted molar refractivity (Wildman–Crippen MR) is 60.9 cm³/mol. The lowest BCUT2D eigenvalue weighted by molar-refractivity contribution is 0.0967. The number of carbonyl (C=O) groups excluding carboxylic acids is 1. The highest BCUT2D eigenvalue weighted by molar-refractivity contribution is 5.98. The molecular weight excluding hydrogens is 184 g/mol. The van der Waals surface area contributed by atoms with Gasteiger partial charge in [-0.3, -0.25) is 4.79 Å². The van der Waals surface area contributed by atoms with Gasteiger partial charge in [0, 0.05) is 18.4 Å². The molecule has 1 unspecified atom stereocenters. The molecule has 0 radical (unpaired) electrons. The summed E-state index contributed by atoms with van der Waals surface area (Å²) in [5.41, 5.74) is 3.24. The van der Waals surface area contributed by atoms with Gasteiger partial charge in [-0.2, -0.15) is 0 Å². The van der Waals surface area contributed by atoms with Gasteiger partial charge >= 0.3 is 0 Å². The van der Waals surface area contributed by atoms with Gasteiger partial charge in [-0.15, -0.1) is 12.3 Å². The first kappa shape index (κ1) is 9.98. The van der Waals surface area contributed by atoms with E-state index in [1.165, 1.54) is 5.56 Å². The fourth-order valence-electron chi connectivity index (χ4n) is 2.22. The second-order valence-electron chi connectivity index (χ2n) is 4.16. The van der Waals surface area contributed by atoms with Crippen molar-refractivity contribution in [3.05, 3.63) is 34.9 Å². The lowest BCUT2D eigenvalue weighted by Gasteiger charge is -2.23. The van der Waals surface area contributed by atoms with Gasteiger partial charge in [0.2, 0.25) is 0 Å². The molecule has 0 spiro atoms. The third kappa shape index (κ3) is 1.80. The van der Waals surface area contributed by atoms with Crippen molar-refractivity contribution in [1.29, 1.82) is 0 Å².